The van der Waals surface area contributed by atoms with Crippen LogP contribution in [0.25, 0.3) is 0 Å². The SMILES string of the molecule is O=S1(=O)CCc2nc(Cl)nc(Cl)c2C1. The largest absolute Gasteiger partial charge is 0.228 e. The number of aromatic nitrogens is 2. The number of nitrogens with zero attached hydrogens (tertiary/aromatic N) is 2. The third kappa shape index (κ3) is 1.85. The van der Waals surface area contributed by atoms with Crippen LogP contribution in [0.4, 0.5) is 0 Å². The van der Waals surface area contributed by atoms with Crippen molar-refractivity contribution in [1.29, 1.82) is 0 Å². The Balaban J connectivity index is 2.58. The van der Waals surface area contributed by atoms with E-state index in [2.05, 4.69) is 9.97 Å². The smallest absolute Gasteiger partial charge is 0.224 e. The summed E-state index contributed by atoms with van der Waals surface area (Å²) in [4.78, 5) is 7.65. The second-order valence-electron chi connectivity index (χ2n) is 3.05. The average molecular weight is 253 g/mol. The van der Waals surface area contributed by atoms with Gasteiger partial charge in [0.25, 0.3) is 0 Å². The summed E-state index contributed by atoms with van der Waals surface area (Å²) in [6.45, 7) is 0. The zero-order chi connectivity index (χ0) is 10.3. The van der Waals surface area contributed by atoms with Crippen molar-refractivity contribution >= 4 is 33.0 Å². The van der Waals surface area contributed by atoms with Gasteiger partial charge < -0.3 is 0 Å². The molecule has 0 fully saturated rings. The lowest BCUT2D eigenvalue weighted by Crippen LogP contribution is -2.21. The van der Waals surface area contributed by atoms with Gasteiger partial charge in [0.2, 0.25) is 5.28 Å². The molecular weight excluding hydrogens is 247 g/mol. The van der Waals surface area contributed by atoms with Crippen LogP contribution in [0.1, 0.15) is 11.3 Å². The van der Waals surface area contributed by atoms with Crippen molar-refractivity contribution < 1.29 is 8.42 Å². The Morgan fingerprint density at radius 2 is 1.93 bits per heavy atom. The molecule has 0 bridgehead atoms. The van der Waals surface area contributed by atoms with E-state index >= 15 is 0 Å². The Labute approximate surface area is 91.2 Å². The highest BCUT2D eigenvalue weighted by atomic mass is 35.5. The summed E-state index contributed by atoms with van der Waals surface area (Å²) >= 11 is 11.4. The van der Waals surface area contributed by atoms with Gasteiger partial charge >= 0.3 is 0 Å². The number of hydrogen-bond acceptors (Lipinski definition) is 4. The fourth-order valence-corrected chi connectivity index (χ4v) is 3.32. The van der Waals surface area contributed by atoms with E-state index in [9.17, 15) is 8.42 Å². The molecule has 0 saturated carbocycles. The van der Waals surface area contributed by atoms with Gasteiger partial charge in [-0.25, -0.2) is 18.4 Å². The van der Waals surface area contributed by atoms with E-state index in [4.69, 9.17) is 23.2 Å². The Morgan fingerprint density at radius 3 is 2.64 bits per heavy atom. The number of fused-ring (bicyclic) bond motifs is 1. The first kappa shape index (κ1) is 10.1. The minimum Gasteiger partial charge on any atom is -0.228 e. The molecule has 0 N–H and O–H groups in total. The van der Waals surface area contributed by atoms with Crippen LogP contribution in [0.15, 0.2) is 0 Å². The maximum Gasteiger partial charge on any atom is 0.224 e. The van der Waals surface area contributed by atoms with Gasteiger partial charge in [0.1, 0.15) is 5.15 Å². The molecule has 0 saturated heterocycles. The van der Waals surface area contributed by atoms with Crippen molar-refractivity contribution in [2.45, 2.75) is 12.2 Å². The highest BCUT2D eigenvalue weighted by molar-refractivity contribution is 7.90. The second-order valence-corrected chi connectivity index (χ2v) is 5.93. The van der Waals surface area contributed by atoms with Crippen LogP contribution in [-0.2, 0) is 22.0 Å². The van der Waals surface area contributed by atoms with Gasteiger partial charge in [-0.15, -0.1) is 0 Å². The van der Waals surface area contributed by atoms with Gasteiger partial charge in [0, 0.05) is 12.0 Å². The molecule has 0 aliphatic carbocycles. The Bertz CT molecular complexity index is 487. The van der Waals surface area contributed by atoms with Gasteiger partial charge in [-0.1, -0.05) is 11.6 Å². The summed E-state index contributed by atoms with van der Waals surface area (Å²) in [5.41, 5.74) is 1.13. The maximum absolute atomic E-state index is 11.3. The molecular formula is C7H6Cl2N2O2S. The molecule has 0 amide bonds. The lowest BCUT2D eigenvalue weighted by molar-refractivity contribution is 0.590. The van der Waals surface area contributed by atoms with E-state index < -0.39 is 9.84 Å². The van der Waals surface area contributed by atoms with Crippen molar-refractivity contribution in [3.8, 4) is 0 Å². The van der Waals surface area contributed by atoms with Crippen LogP contribution in [0.3, 0.4) is 0 Å². The predicted molar refractivity (Wildman–Crippen MR) is 53.2 cm³/mol. The van der Waals surface area contributed by atoms with E-state index in [1.807, 2.05) is 0 Å². The summed E-state index contributed by atoms with van der Waals surface area (Å²) in [5.74, 6) is 0.0159. The number of rotatable bonds is 0. The van der Waals surface area contributed by atoms with Crippen LogP contribution in [0.5, 0.6) is 0 Å². The first-order chi connectivity index (χ1) is 6.48. The lowest BCUT2D eigenvalue weighted by atomic mass is 10.2. The summed E-state index contributed by atoms with van der Waals surface area (Å²) in [7, 11) is -3.04. The molecule has 2 heterocycles. The maximum atomic E-state index is 11.3. The van der Waals surface area contributed by atoms with E-state index in [0.717, 1.165) is 0 Å². The summed E-state index contributed by atoms with van der Waals surface area (Å²) in [5, 5.41) is 0.205. The van der Waals surface area contributed by atoms with Gasteiger partial charge in [0.05, 0.1) is 17.2 Å². The molecule has 2 rings (SSSR count). The molecule has 76 valence electrons. The van der Waals surface area contributed by atoms with Gasteiger partial charge in [-0.05, 0) is 11.6 Å². The topological polar surface area (TPSA) is 59.9 Å². The zero-order valence-electron chi connectivity index (χ0n) is 7.00. The number of halogens is 2. The molecule has 14 heavy (non-hydrogen) atoms. The van der Waals surface area contributed by atoms with Crippen LogP contribution in [-0.4, -0.2) is 24.1 Å². The standard InChI is InChI=1S/C7H6Cl2N2O2S/c8-6-4-3-14(12,13)2-1-5(4)10-7(9)11-6/h1-3H2. The van der Waals surface area contributed by atoms with E-state index in [1.54, 1.807) is 0 Å². The summed E-state index contributed by atoms with van der Waals surface area (Å²) in [6, 6.07) is 0. The van der Waals surface area contributed by atoms with Crippen molar-refractivity contribution in [3.05, 3.63) is 21.7 Å². The fraction of sp³-hybridized carbons (Fsp3) is 0.429. The van der Waals surface area contributed by atoms with Crippen molar-refractivity contribution in [3.63, 3.8) is 0 Å². The predicted octanol–water partition coefficient (Wildman–Crippen LogP) is 1.25. The monoisotopic (exact) mass is 252 g/mol. The molecule has 0 unspecified atom stereocenters. The van der Waals surface area contributed by atoms with Gasteiger partial charge in [-0.3, -0.25) is 0 Å². The van der Waals surface area contributed by atoms with E-state index in [1.165, 1.54) is 0 Å². The van der Waals surface area contributed by atoms with Crippen molar-refractivity contribution in [2.75, 3.05) is 5.75 Å². The van der Waals surface area contributed by atoms with Crippen LogP contribution in [0.2, 0.25) is 10.4 Å². The third-order valence-electron chi connectivity index (χ3n) is 2.03. The van der Waals surface area contributed by atoms with E-state index in [0.29, 0.717) is 17.7 Å². The van der Waals surface area contributed by atoms with Crippen molar-refractivity contribution in [2.24, 2.45) is 0 Å². The fourth-order valence-electron chi connectivity index (χ4n) is 1.37. The molecule has 4 nitrogen and oxygen atoms in total. The molecule has 1 aromatic heterocycles. The molecule has 7 heteroatoms. The first-order valence-electron chi connectivity index (χ1n) is 3.89. The highest BCUT2D eigenvalue weighted by Gasteiger charge is 2.25. The highest BCUT2D eigenvalue weighted by Crippen LogP contribution is 2.25. The third-order valence-corrected chi connectivity index (χ3v) is 4.07. The molecule has 1 aliphatic rings. The van der Waals surface area contributed by atoms with Crippen LogP contribution >= 0.6 is 23.2 Å². The molecule has 0 aromatic carbocycles. The second kappa shape index (κ2) is 3.32. The number of sulfone groups is 1. The van der Waals surface area contributed by atoms with Crippen LogP contribution in [0, 0.1) is 0 Å². The summed E-state index contributed by atoms with van der Waals surface area (Å²) < 4.78 is 22.6. The minimum atomic E-state index is -3.04. The Morgan fingerprint density at radius 1 is 1.21 bits per heavy atom. The molecule has 0 atom stereocenters. The van der Waals surface area contributed by atoms with E-state index in [-0.39, 0.29) is 21.9 Å². The Hall–Kier alpha value is -0.390. The average Bonchev–Trinajstić information content (AvgIpc) is 2.06. The molecule has 0 radical (unpaired) electrons. The lowest BCUT2D eigenvalue weighted by Gasteiger charge is -2.15. The first-order valence-corrected chi connectivity index (χ1v) is 6.47. The minimum absolute atomic E-state index is 0.0630. The van der Waals surface area contributed by atoms with Gasteiger partial charge in [-0.2, -0.15) is 0 Å². The normalized spacial score (nSPS) is 19.0. The quantitative estimate of drug-likeness (QED) is 0.515. The van der Waals surface area contributed by atoms with Gasteiger partial charge in [0.15, 0.2) is 9.84 Å². The Kier molecular flexibility index (Phi) is 2.41. The van der Waals surface area contributed by atoms with Crippen molar-refractivity contribution in [1.82, 2.24) is 9.97 Å². The molecule has 1 aromatic rings. The zero-order valence-corrected chi connectivity index (χ0v) is 9.32. The number of hydrogen-bond donors (Lipinski definition) is 0. The molecule has 0 spiro atoms. The van der Waals surface area contributed by atoms with Crippen LogP contribution < -0.4 is 0 Å². The number of aryl methyl sites for hydroxylation is 1. The summed E-state index contributed by atoms with van der Waals surface area (Å²) in [6.07, 6.45) is 0.361. The molecule has 1 aliphatic heterocycles.